The zero-order chi connectivity index (χ0) is 11.7. The lowest BCUT2D eigenvalue weighted by Crippen LogP contribution is -2.12. The molecule has 1 aromatic carbocycles. The predicted octanol–water partition coefficient (Wildman–Crippen LogP) is 4.33. The largest absolute Gasteiger partial charge is 0.398 e. The van der Waals surface area contributed by atoms with Gasteiger partial charge in [0.1, 0.15) is 0 Å². The van der Waals surface area contributed by atoms with Gasteiger partial charge in [-0.2, -0.15) is 0 Å². The molecule has 92 valence electrons. The smallest absolute Gasteiger partial charge is 0.0667 e. The Morgan fingerprint density at radius 3 is 2.53 bits per heavy atom. The summed E-state index contributed by atoms with van der Waals surface area (Å²) < 4.78 is 1.83. The summed E-state index contributed by atoms with van der Waals surface area (Å²) in [5, 5.41) is 2.01. The molecule has 0 aliphatic rings. The summed E-state index contributed by atoms with van der Waals surface area (Å²) in [4.78, 5) is 1.11. The Labute approximate surface area is 127 Å². The Bertz CT molecular complexity index is 502. The van der Waals surface area contributed by atoms with Gasteiger partial charge in [-0.05, 0) is 45.1 Å². The predicted molar refractivity (Wildman–Crippen MR) is 83.9 cm³/mol. The third-order valence-corrected chi connectivity index (χ3v) is 4.38. The van der Waals surface area contributed by atoms with Crippen LogP contribution in [0.15, 0.2) is 38.6 Å². The molecule has 0 amide bonds. The standard InChI is InChI=1S/C11H10Br2N2S.ClH/c12-6-4-7(10(14)8(13)5-6)11(15)9-2-1-3-16-9;/h1-5,11H,14-15H2;1H/t11-;/m1./s1. The van der Waals surface area contributed by atoms with E-state index < -0.39 is 0 Å². The van der Waals surface area contributed by atoms with Crippen molar-refractivity contribution in [1.82, 2.24) is 0 Å². The lowest BCUT2D eigenvalue weighted by atomic mass is 10.0. The van der Waals surface area contributed by atoms with E-state index >= 15 is 0 Å². The van der Waals surface area contributed by atoms with Gasteiger partial charge in [0, 0.05) is 13.8 Å². The average Bonchev–Trinajstić information content (AvgIpc) is 2.75. The number of halogens is 3. The number of thiophene rings is 1. The van der Waals surface area contributed by atoms with Crippen molar-refractivity contribution in [3.8, 4) is 0 Å². The van der Waals surface area contributed by atoms with Crippen LogP contribution in [0.1, 0.15) is 16.5 Å². The van der Waals surface area contributed by atoms with Gasteiger partial charge in [-0.25, -0.2) is 0 Å². The van der Waals surface area contributed by atoms with Crippen LogP contribution in [0.3, 0.4) is 0 Å². The summed E-state index contributed by atoms with van der Waals surface area (Å²) in [5.74, 6) is 0. The van der Waals surface area contributed by atoms with Crippen LogP contribution in [-0.4, -0.2) is 0 Å². The maximum absolute atomic E-state index is 6.19. The van der Waals surface area contributed by atoms with E-state index in [1.807, 2.05) is 29.6 Å². The average molecular weight is 399 g/mol. The summed E-state index contributed by atoms with van der Waals surface area (Å²) in [6.45, 7) is 0. The van der Waals surface area contributed by atoms with E-state index in [4.69, 9.17) is 11.5 Å². The van der Waals surface area contributed by atoms with Crippen molar-refractivity contribution in [2.24, 2.45) is 5.73 Å². The second kappa shape index (κ2) is 6.20. The molecule has 1 atom stereocenters. The molecular weight excluding hydrogens is 387 g/mol. The molecule has 0 radical (unpaired) electrons. The Morgan fingerprint density at radius 2 is 1.94 bits per heavy atom. The highest BCUT2D eigenvalue weighted by Crippen LogP contribution is 2.34. The first-order valence-corrected chi connectivity index (χ1v) is 7.09. The highest BCUT2D eigenvalue weighted by atomic mass is 79.9. The Balaban J connectivity index is 0.00000144. The van der Waals surface area contributed by atoms with Crippen molar-refractivity contribution >= 4 is 61.3 Å². The number of anilines is 1. The zero-order valence-corrected chi connectivity index (χ0v) is 13.5. The van der Waals surface area contributed by atoms with Gasteiger partial charge in [0.15, 0.2) is 0 Å². The van der Waals surface area contributed by atoms with Crippen molar-refractivity contribution in [1.29, 1.82) is 0 Å². The van der Waals surface area contributed by atoms with Gasteiger partial charge in [0.05, 0.1) is 11.7 Å². The van der Waals surface area contributed by atoms with Gasteiger partial charge in [-0.15, -0.1) is 23.7 Å². The minimum Gasteiger partial charge on any atom is -0.398 e. The van der Waals surface area contributed by atoms with E-state index in [-0.39, 0.29) is 18.4 Å². The van der Waals surface area contributed by atoms with E-state index in [2.05, 4.69) is 31.9 Å². The van der Waals surface area contributed by atoms with Crippen LogP contribution >= 0.6 is 55.6 Å². The maximum atomic E-state index is 6.19. The Hall–Kier alpha value is -0.0700. The molecular formula is C11H11Br2ClN2S. The molecule has 2 rings (SSSR count). The molecule has 2 aromatic rings. The molecule has 0 fully saturated rings. The maximum Gasteiger partial charge on any atom is 0.0667 e. The summed E-state index contributed by atoms with van der Waals surface area (Å²) in [7, 11) is 0. The SMILES string of the molecule is Cl.Nc1c(Br)cc(Br)cc1[C@@H](N)c1cccs1. The van der Waals surface area contributed by atoms with E-state index in [0.717, 1.165) is 19.4 Å². The first kappa shape index (κ1) is 15.0. The van der Waals surface area contributed by atoms with Crippen molar-refractivity contribution in [2.75, 3.05) is 5.73 Å². The van der Waals surface area contributed by atoms with Gasteiger partial charge < -0.3 is 11.5 Å². The van der Waals surface area contributed by atoms with Crippen LogP contribution in [-0.2, 0) is 0 Å². The highest BCUT2D eigenvalue weighted by molar-refractivity contribution is 9.11. The second-order valence-corrected chi connectivity index (χ2v) is 6.13. The topological polar surface area (TPSA) is 52.0 Å². The van der Waals surface area contributed by atoms with Gasteiger partial charge in [-0.1, -0.05) is 22.0 Å². The highest BCUT2D eigenvalue weighted by Gasteiger charge is 2.15. The van der Waals surface area contributed by atoms with Crippen molar-refractivity contribution in [2.45, 2.75) is 6.04 Å². The first-order chi connectivity index (χ1) is 7.59. The van der Waals surface area contributed by atoms with Gasteiger partial charge in [0.2, 0.25) is 0 Å². The molecule has 0 bridgehead atoms. The number of rotatable bonds is 2. The number of hydrogen-bond acceptors (Lipinski definition) is 3. The normalized spacial score (nSPS) is 11.9. The van der Waals surface area contributed by atoms with Crippen LogP contribution in [0, 0.1) is 0 Å². The number of benzene rings is 1. The molecule has 4 N–H and O–H groups in total. The van der Waals surface area contributed by atoms with Gasteiger partial charge >= 0.3 is 0 Å². The van der Waals surface area contributed by atoms with E-state index in [1.165, 1.54) is 0 Å². The molecule has 0 saturated carbocycles. The Kier molecular flexibility index (Phi) is 5.47. The molecule has 6 heteroatoms. The fourth-order valence-electron chi connectivity index (χ4n) is 1.48. The lowest BCUT2D eigenvalue weighted by Gasteiger charge is -2.14. The van der Waals surface area contributed by atoms with Crippen molar-refractivity contribution < 1.29 is 0 Å². The zero-order valence-electron chi connectivity index (χ0n) is 8.69. The summed E-state index contributed by atoms with van der Waals surface area (Å²) in [6, 6.07) is 7.71. The quantitative estimate of drug-likeness (QED) is 0.740. The van der Waals surface area contributed by atoms with E-state index in [0.29, 0.717) is 5.69 Å². The summed E-state index contributed by atoms with van der Waals surface area (Å²) in [5.41, 5.74) is 13.8. The van der Waals surface area contributed by atoms with Crippen LogP contribution in [0.2, 0.25) is 0 Å². The monoisotopic (exact) mass is 396 g/mol. The number of hydrogen-bond donors (Lipinski definition) is 2. The minimum absolute atomic E-state index is 0. The molecule has 0 unspecified atom stereocenters. The second-order valence-electron chi connectivity index (χ2n) is 3.38. The molecule has 2 nitrogen and oxygen atoms in total. The van der Waals surface area contributed by atoms with Crippen LogP contribution in [0.4, 0.5) is 5.69 Å². The fraction of sp³-hybridized carbons (Fsp3) is 0.0909. The van der Waals surface area contributed by atoms with Crippen molar-refractivity contribution in [3.05, 3.63) is 49.0 Å². The molecule has 1 aromatic heterocycles. The van der Waals surface area contributed by atoms with Gasteiger partial charge in [-0.3, -0.25) is 0 Å². The first-order valence-electron chi connectivity index (χ1n) is 4.63. The number of nitrogen functional groups attached to an aromatic ring is 1. The van der Waals surface area contributed by atoms with Gasteiger partial charge in [0.25, 0.3) is 0 Å². The molecule has 0 saturated heterocycles. The van der Waals surface area contributed by atoms with Crippen LogP contribution in [0.5, 0.6) is 0 Å². The Morgan fingerprint density at radius 1 is 1.24 bits per heavy atom. The summed E-state index contributed by atoms with van der Waals surface area (Å²) >= 11 is 8.50. The van der Waals surface area contributed by atoms with E-state index in [1.54, 1.807) is 11.3 Å². The fourth-order valence-corrected chi connectivity index (χ4v) is 3.49. The van der Waals surface area contributed by atoms with E-state index in [9.17, 15) is 0 Å². The van der Waals surface area contributed by atoms with Crippen molar-refractivity contribution in [3.63, 3.8) is 0 Å². The number of nitrogens with two attached hydrogens (primary N) is 2. The third-order valence-electron chi connectivity index (χ3n) is 2.31. The minimum atomic E-state index is -0.172. The van der Waals surface area contributed by atoms with Crippen LogP contribution in [0.25, 0.3) is 0 Å². The molecule has 1 heterocycles. The lowest BCUT2D eigenvalue weighted by molar-refractivity contribution is 0.895. The molecule has 0 spiro atoms. The molecule has 0 aliphatic heterocycles. The molecule has 0 aliphatic carbocycles. The molecule has 17 heavy (non-hydrogen) atoms. The summed E-state index contributed by atoms with van der Waals surface area (Å²) in [6.07, 6.45) is 0. The third kappa shape index (κ3) is 3.23. The van der Waals surface area contributed by atoms with Crippen LogP contribution < -0.4 is 11.5 Å².